The van der Waals surface area contributed by atoms with Crippen LogP contribution in [0.25, 0.3) is 0 Å². The Kier molecular flexibility index (Phi) is 3.97. The highest BCUT2D eigenvalue weighted by molar-refractivity contribution is 5.23. The third-order valence-electron chi connectivity index (χ3n) is 3.64. The second-order valence-electron chi connectivity index (χ2n) is 4.78. The minimum atomic E-state index is -0.934. The lowest BCUT2D eigenvalue weighted by Gasteiger charge is -2.34. The molecule has 1 fully saturated rings. The zero-order valence-electron chi connectivity index (χ0n) is 10.5. The Labute approximate surface area is 106 Å². The molecule has 1 atom stereocenters. The fraction of sp³-hybridized carbons (Fsp3) is 0.571. The lowest BCUT2D eigenvalue weighted by atomic mass is 9.89. The molecule has 0 heterocycles. The van der Waals surface area contributed by atoms with Gasteiger partial charge in [0.2, 0.25) is 0 Å². The molecule has 0 spiro atoms. The van der Waals surface area contributed by atoms with Crippen LogP contribution in [0.1, 0.15) is 44.3 Å². The summed E-state index contributed by atoms with van der Waals surface area (Å²) in [5.74, 6) is -1.83. The van der Waals surface area contributed by atoms with Crippen LogP contribution in [0, 0.1) is 11.6 Å². The van der Waals surface area contributed by atoms with Gasteiger partial charge in [0.1, 0.15) is 6.10 Å². The summed E-state index contributed by atoms with van der Waals surface area (Å²) in [6.45, 7) is 2.37. The van der Waals surface area contributed by atoms with Gasteiger partial charge in [-0.25, -0.2) is 8.78 Å². The monoisotopic (exact) mass is 256 g/mol. The number of aliphatic hydroxyl groups is 1. The van der Waals surface area contributed by atoms with Crippen LogP contribution in [0.4, 0.5) is 8.78 Å². The Morgan fingerprint density at radius 3 is 2.50 bits per heavy atom. The second kappa shape index (κ2) is 5.33. The average molecular weight is 256 g/mol. The largest absolute Gasteiger partial charge is 0.385 e. The second-order valence-corrected chi connectivity index (χ2v) is 4.78. The van der Waals surface area contributed by atoms with E-state index in [1.165, 1.54) is 6.07 Å². The maximum atomic E-state index is 13.2. The molecule has 0 aliphatic heterocycles. The highest BCUT2D eigenvalue weighted by atomic mass is 19.2. The molecule has 0 bridgehead atoms. The molecule has 100 valence electrons. The van der Waals surface area contributed by atoms with Gasteiger partial charge in [0.05, 0.1) is 5.60 Å². The molecule has 2 rings (SSSR count). The fourth-order valence-corrected chi connectivity index (χ4v) is 2.74. The maximum Gasteiger partial charge on any atom is 0.159 e. The zero-order chi connectivity index (χ0) is 13.2. The first-order chi connectivity index (χ1) is 8.59. The van der Waals surface area contributed by atoms with Crippen molar-refractivity contribution in [1.29, 1.82) is 0 Å². The van der Waals surface area contributed by atoms with Crippen molar-refractivity contribution >= 4 is 0 Å². The Morgan fingerprint density at radius 1 is 1.28 bits per heavy atom. The quantitative estimate of drug-likeness (QED) is 0.895. The number of benzene rings is 1. The number of hydrogen-bond acceptors (Lipinski definition) is 2. The Balaban J connectivity index is 2.27. The highest BCUT2D eigenvalue weighted by Crippen LogP contribution is 2.43. The van der Waals surface area contributed by atoms with E-state index in [1.807, 2.05) is 6.92 Å². The van der Waals surface area contributed by atoms with Gasteiger partial charge < -0.3 is 9.84 Å². The smallest absolute Gasteiger partial charge is 0.159 e. The van der Waals surface area contributed by atoms with Crippen LogP contribution in [0.3, 0.4) is 0 Å². The van der Waals surface area contributed by atoms with E-state index in [9.17, 15) is 13.9 Å². The van der Waals surface area contributed by atoms with E-state index in [1.54, 1.807) is 0 Å². The first kappa shape index (κ1) is 13.4. The normalized spacial score (nSPS) is 20.0. The minimum absolute atomic E-state index is 0.379. The first-order valence-corrected chi connectivity index (χ1v) is 6.36. The Bertz CT molecular complexity index is 414. The first-order valence-electron chi connectivity index (χ1n) is 6.36. The van der Waals surface area contributed by atoms with Crippen molar-refractivity contribution in [3.8, 4) is 0 Å². The van der Waals surface area contributed by atoms with E-state index < -0.39 is 23.3 Å². The number of rotatable bonds is 4. The van der Waals surface area contributed by atoms with Crippen molar-refractivity contribution in [2.24, 2.45) is 0 Å². The van der Waals surface area contributed by atoms with Gasteiger partial charge in [0.25, 0.3) is 0 Å². The lowest BCUT2D eigenvalue weighted by Crippen LogP contribution is -2.36. The van der Waals surface area contributed by atoms with Crippen molar-refractivity contribution in [3.05, 3.63) is 35.4 Å². The van der Waals surface area contributed by atoms with E-state index in [-0.39, 0.29) is 0 Å². The molecular weight excluding hydrogens is 238 g/mol. The molecule has 4 heteroatoms. The number of ether oxygens (including phenoxy) is 1. The Hall–Kier alpha value is -1.00. The molecular formula is C14H18F2O2. The van der Waals surface area contributed by atoms with Crippen molar-refractivity contribution in [1.82, 2.24) is 0 Å². The van der Waals surface area contributed by atoms with Gasteiger partial charge in [0, 0.05) is 6.61 Å². The molecule has 1 aromatic carbocycles. The van der Waals surface area contributed by atoms with Gasteiger partial charge in [-0.3, -0.25) is 0 Å². The van der Waals surface area contributed by atoms with Gasteiger partial charge in [-0.15, -0.1) is 0 Å². The summed E-state index contributed by atoms with van der Waals surface area (Å²) >= 11 is 0. The highest BCUT2D eigenvalue weighted by Gasteiger charge is 2.42. The summed E-state index contributed by atoms with van der Waals surface area (Å²) in [5, 5.41) is 10.4. The minimum Gasteiger partial charge on any atom is -0.385 e. The van der Waals surface area contributed by atoms with E-state index in [4.69, 9.17) is 4.74 Å². The van der Waals surface area contributed by atoms with Crippen LogP contribution in [-0.4, -0.2) is 17.3 Å². The number of hydrogen-bond donors (Lipinski definition) is 1. The van der Waals surface area contributed by atoms with Crippen molar-refractivity contribution in [2.75, 3.05) is 6.61 Å². The molecule has 1 N–H and O–H groups in total. The van der Waals surface area contributed by atoms with Gasteiger partial charge in [0.15, 0.2) is 11.6 Å². The third-order valence-corrected chi connectivity index (χ3v) is 3.64. The molecule has 1 aliphatic carbocycles. The summed E-state index contributed by atoms with van der Waals surface area (Å²) in [6.07, 6.45) is 2.57. The summed E-state index contributed by atoms with van der Waals surface area (Å²) < 4.78 is 31.8. The summed E-state index contributed by atoms with van der Waals surface area (Å²) in [4.78, 5) is 0. The van der Waals surface area contributed by atoms with E-state index >= 15 is 0 Å². The summed E-state index contributed by atoms with van der Waals surface area (Å²) in [6, 6.07) is 3.52. The van der Waals surface area contributed by atoms with Crippen LogP contribution in [0.5, 0.6) is 0 Å². The molecule has 18 heavy (non-hydrogen) atoms. The van der Waals surface area contributed by atoms with Crippen LogP contribution < -0.4 is 0 Å². The molecule has 1 aromatic rings. The predicted molar refractivity (Wildman–Crippen MR) is 64.1 cm³/mol. The van der Waals surface area contributed by atoms with Crippen LogP contribution in [0.2, 0.25) is 0 Å². The fourth-order valence-electron chi connectivity index (χ4n) is 2.74. The summed E-state index contributed by atoms with van der Waals surface area (Å²) in [5.41, 5.74) is -0.261. The molecule has 1 aliphatic rings. The summed E-state index contributed by atoms with van der Waals surface area (Å²) in [7, 11) is 0. The topological polar surface area (TPSA) is 29.5 Å². The number of aliphatic hydroxyl groups excluding tert-OH is 1. The molecule has 0 saturated heterocycles. The third kappa shape index (κ3) is 2.40. The van der Waals surface area contributed by atoms with Crippen molar-refractivity contribution in [3.63, 3.8) is 0 Å². The molecule has 1 unspecified atom stereocenters. The van der Waals surface area contributed by atoms with Crippen molar-refractivity contribution in [2.45, 2.75) is 44.3 Å². The molecule has 0 aromatic heterocycles. The maximum absolute atomic E-state index is 13.2. The van der Waals surface area contributed by atoms with Gasteiger partial charge >= 0.3 is 0 Å². The van der Waals surface area contributed by atoms with E-state index in [0.29, 0.717) is 12.2 Å². The van der Waals surface area contributed by atoms with Crippen LogP contribution in [0.15, 0.2) is 18.2 Å². The van der Waals surface area contributed by atoms with E-state index in [0.717, 1.165) is 37.8 Å². The number of halogens is 2. The molecule has 0 radical (unpaired) electrons. The van der Waals surface area contributed by atoms with E-state index in [2.05, 4.69) is 0 Å². The zero-order valence-corrected chi connectivity index (χ0v) is 10.5. The SMILES string of the molecule is CCOC1(C(O)c2ccc(F)c(F)c2)CCCC1. The molecule has 0 amide bonds. The molecule has 1 saturated carbocycles. The van der Waals surface area contributed by atoms with Crippen LogP contribution >= 0.6 is 0 Å². The molecule has 2 nitrogen and oxygen atoms in total. The van der Waals surface area contributed by atoms with Crippen molar-refractivity contribution < 1.29 is 18.6 Å². The van der Waals surface area contributed by atoms with Crippen LogP contribution in [-0.2, 0) is 4.74 Å². The lowest BCUT2D eigenvalue weighted by molar-refractivity contribution is -0.118. The Morgan fingerprint density at radius 2 is 1.94 bits per heavy atom. The van der Waals surface area contributed by atoms with Gasteiger partial charge in [-0.2, -0.15) is 0 Å². The van der Waals surface area contributed by atoms with Gasteiger partial charge in [-0.05, 0) is 37.5 Å². The predicted octanol–water partition coefficient (Wildman–Crippen LogP) is 3.35. The standard InChI is InChI=1S/C14H18F2O2/c1-2-18-14(7-3-4-8-14)13(17)10-5-6-11(15)12(16)9-10/h5-6,9,13,17H,2-4,7-8H2,1H3. The average Bonchev–Trinajstić information content (AvgIpc) is 2.82. The van der Waals surface area contributed by atoms with Gasteiger partial charge in [-0.1, -0.05) is 18.9 Å².